The van der Waals surface area contributed by atoms with E-state index in [0.717, 1.165) is 75.8 Å². The molecule has 23 nitrogen and oxygen atoms in total. The van der Waals surface area contributed by atoms with Crippen LogP contribution in [0.5, 0.6) is 0 Å². The van der Waals surface area contributed by atoms with Gasteiger partial charge in [0, 0.05) is 51.7 Å². The Morgan fingerprint density at radius 2 is 0.632 bits per heavy atom. The summed E-state index contributed by atoms with van der Waals surface area (Å²) in [6.07, 6.45) is 0.904. The highest BCUT2D eigenvalue weighted by Gasteiger charge is 2.26. The number of hydrogen-bond donors (Lipinski definition) is 6. The van der Waals surface area contributed by atoms with Crippen LogP contribution in [0.3, 0.4) is 0 Å². The largest absolute Gasteiger partial charge is 0.379 e. The molecule has 0 saturated carbocycles. The molecule has 0 bridgehead atoms. The molecule has 2 atom stereocenters. The molecule has 0 aliphatic rings. The maximum Gasteiger partial charge on any atom is 0.243 e. The number of nitrogens with one attached hydrogen (secondary N) is 4. The third-order valence-electron chi connectivity index (χ3n) is 15.8. The van der Waals surface area contributed by atoms with Crippen LogP contribution in [0.25, 0.3) is 64.6 Å². The van der Waals surface area contributed by atoms with E-state index in [1.807, 2.05) is 24.3 Å². The normalized spacial score (nSPS) is 12.4. The monoisotopic (exact) mass is 1310 g/mol. The van der Waals surface area contributed by atoms with Crippen LogP contribution in [0.15, 0.2) is 109 Å². The van der Waals surface area contributed by atoms with E-state index in [1.165, 1.54) is 0 Å². The number of carbonyl (C=O) groups excluding carboxylic acids is 5. The van der Waals surface area contributed by atoms with Crippen molar-refractivity contribution in [2.45, 2.75) is 50.6 Å². The fourth-order valence-electron chi connectivity index (χ4n) is 11.1. The zero-order chi connectivity index (χ0) is 66.5. The molecule has 8 aromatic rings. The quantitative estimate of drug-likeness (QED) is 0.0198. The van der Waals surface area contributed by atoms with Crippen LogP contribution in [-0.4, -0.2) is 220 Å². The Bertz CT molecular complexity index is 3540. The van der Waals surface area contributed by atoms with E-state index in [1.54, 1.807) is 0 Å². The molecule has 8 N–H and O–H groups in total. The van der Waals surface area contributed by atoms with Gasteiger partial charge in [-0.15, -0.1) is 0 Å². The molecular weight excluding hydrogens is 1220 g/mol. The van der Waals surface area contributed by atoms with E-state index >= 15 is 0 Å². The fourth-order valence-corrected chi connectivity index (χ4v) is 11.1. The minimum Gasteiger partial charge on any atom is -0.379 e. The summed E-state index contributed by atoms with van der Waals surface area (Å²) in [5.74, 6) is -1.87. The van der Waals surface area contributed by atoms with Gasteiger partial charge in [0.1, 0.15) is 12.1 Å². The molecule has 0 heterocycles. The number of primary amides is 1. The molecular formula is C72H94N6O17. The smallest absolute Gasteiger partial charge is 0.243 e. The van der Waals surface area contributed by atoms with Gasteiger partial charge in [0.05, 0.1) is 159 Å². The van der Waals surface area contributed by atoms with Crippen molar-refractivity contribution in [2.24, 2.45) is 11.5 Å². The van der Waals surface area contributed by atoms with Crippen molar-refractivity contribution in [1.82, 2.24) is 21.3 Å². The van der Waals surface area contributed by atoms with Gasteiger partial charge < -0.3 is 89.6 Å². The SMILES string of the molecule is NCCOCCOCCOCCOCCOCCOCCC(=O)N[C@H](Cc1ccc2ccc3cccc4ccc1c2c34)C(=O)NCCCC(=O)N[C@H](Cc1ccc2ccc3cccc4ccc1c2c34)C(=O)NCCOCCOCCOCCOCCOCCOCCC(N)=O. The Morgan fingerprint density at radius 1 is 0.326 bits per heavy atom. The van der Waals surface area contributed by atoms with Crippen LogP contribution in [0.4, 0.5) is 0 Å². The number of rotatable bonds is 53. The Hall–Kier alpha value is -7.33. The van der Waals surface area contributed by atoms with Crippen molar-refractivity contribution in [1.29, 1.82) is 0 Å². The van der Waals surface area contributed by atoms with Gasteiger partial charge in [-0.2, -0.15) is 0 Å². The summed E-state index contributed by atoms with van der Waals surface area (Å²) >= 11 is 0. The second-order valence-corrected chi connectivity index (χ2v) is 22.6. The summed E-state index contributed by atoms with van der Waals surface area (Å²) in [5.41, 5.74) is 12.3. The van der Waals surface area contributed by atoms with Gasteiger partial charge in [0.2, 0.25) is 29.5 Å². The van der Waals surface area contributed by atoms with Gasteiger partial charge in [0.25, 0.3) is 0 Å². The first-order valence-electron chi connectivity index (χ1n) is 33.0. The van der Waals surface area contributed by atoms with Crippen molar-refractivity contribution in [2.75, 3.05) is 178 Å². The summed E-state index contributed by atoms with van der Waals surface area (Å²) < 4.78 is 66.3. The first kappa shape index (κ1) is 73.5. The average Bonchev–Trinajstić information content (AvgIpc) is 0.754. The molecule has 95 heavy (non-hydrogen) atoms. The lowest BCUT2D eigenvalue weighted by Crippen LogP contribution is -2.49. The van der Waals surface area contributed by atoms with Crippen molar-refractivity contribution < 1.29 is 80.8 Å². The predicted octanol–water partition coefficient (Wildman–Crippen LogP) is 5.67. The molecule has 0 unspecified atom stereocenters. The summed E-state index contributed by atoms with van der Waals surface area (Å²) in [7, 11) is 0. The van der Waals surface area contributed by atoms with Gasteiger partial charge in [-0.1, -0.05) is 109 Å². The molecule has 0 aliphatic heterocycles. The second kappa shape index (κ2) is 42.3. The number of carbonyl (C=O) groups is 5. The van der Waals surface area contributed by atoms with Crippen LogP contribution in [-0.2, 0) is 93.7 Å². The minimum atomic E-state index is -0.950. The maximum atomic E-state index is 14.3. The standard InChI is InChI=1S/C72H94N6O17/c73-23-28-86-32-36-90-40-44-94-48-46-93-43-39-89-35-31-85-27-22-66(81)78-62(50-58-15-13-56-11-9-52-4-1-6-54-17-19-60(58)69(56)67(52)54)71(82)75-24-3-8-65(80)77-63(51-59-16-14-57-12-10-53-5-2-7-55-18-20-61(59)70(57)68(53)55)72(83)76-25-29-87-33-37-91-41-45-95-49-47-92-42-38-88-34-30-84-26-21-64(74)79/h1-2,4-7,9-20,62-63H,3,8,21-51,73H2,(H2,74,79)(H,75,82)(H,76,83)(H,77,80)(H,78,81)/t62-,63-/m1/s1. The maximum absolute atomic E-state index is 14.3. The topological polar surface area (TPSA) is 296 Å². The van der Waals surface area contributed by atoms with Crippen LogP contribution in [0, 0.1) is 0 Å². The Balaban J connectivity index is 0.783. The van der Waals surface area contributed by atoms with Gasteiger partial charge in [-0.25, -0.2) is 0 Å². The summed E-state index contributed by atoms with van der Waals surface area (Å²) in [6.45, 7) is 9.88. The van der Waals surface area contributed by atoms with Crippen LogP contribution >= 0.6 is 0 Å². The number of benzene rings is 8. The van der Waals surface area contributed by atoms with E-state index in [2.05, 4.69) is 106 Å². The minimum absolute atomic E-state index is 0.0131. The highest BCUT2D eigenvalue weighted by molar-refractivity contribution is 6.24. The van der Waals surface area contributed by atoms with E-state index in [4.69, 9.17) is 68.3 Å². The number of amides is 5. The Kier molecular flexibility index (Phi) is 32.7. The highest BCUT2D eigenvalue weighted by Crippen LogP contribution is 2.38. The summed E-state index contributed by atoms with van der Waals surface area (Å²) in [4.78, 5) is 66.7. The molecule has 8 aromatic carbocycles. The van der Waals surface area contributed by atoms with E-state index in [9.17, 15) is 24.0 Å². The van der Waals surface area contributed by atoms with E-state index < -0.39 is 23.9 Å². The van der Waals surface area contributed by atoms with E-state index in [-0.39, 0.29) is 95.8 Å². The molecule has 0 spiro atoms. The molecule has 0 aliphatic carbocycles. The number of nitrogens with two attached hydrogens (primary N) is 2. The Labute approximate surface area is 554 Å². The fraction of sp³-hybridized carbons (Fsp3) is 0.486. The first-order valence-corrected chi connectivity index (χ1v) is 33.0. The molecule has 0 saturated heterocycles. The summed E-state index contributed by atoms with van der Waals surface area (Å²) in [5, 5.41) is 25.1. The predicted molar refractivity (Wildman–Crippen MR) is 364 cm³/mol. The lowest BCUT2D eigenvalue weighted by molar-refractivity contribution is -0.130. The molecule has 23 heteroatoms. The van der Waals surface area contributed by atoms with Gasteiger partial charge in [0.15, 0.2) is 0 Å². The van der Waals surface area contributed by atoms with Crippen molar-refractivity contribution in [3.05, 3.63) is 120 Å². The Morgan fingerprint density at radius 3 is 1.01 bits per heavy atom. The lowest BCUT2D eigenvalue weighted by atomic mass is 9.90. The molecule has 514 valence electrons. The lowest BCUT2D eigenvalue weighted by Gasteiger charge is -2.21. The van der Waals surface area contributed by atoms with Crippen molar-refractivity contribution in [3.8, 4) is 0 Å². The third-order valence-corrected chi connectivity index (χ3v) is 15.8. The van der Waals surface area contributed by atoms with Crippen molar-refractivity contribution >= 4 is 94.2 Å². The van der Waals surface area contributed by atoms with Crippen LogP contribution < -0.4 is 32.7 Å². The number of ether oxygens (including phenoxy) is 12. The number of hydrogen-bond acceptors (Lipinski definition) is 18. The first-order chi connectivity index (χ1) is 46.7. The van der Waals surface area contributed by atoms with Crippen molar-refractivity contribution in [3.63, 3.8) is 0 Å². The zero-order valence-corrected chi connectivity index (χ0v) is 54.5. The third kappa shape index (κ3) is 24.7. The average molecular weight is 1320 g/mol. The zero-order valence-electron chi connectivity index (χ0n) is 54.5. The van der Waals surface area contributed by atoms with E-state index in [0.29, 0.717) is 139 Å². The van der Waals surface area contributed by atoms with Gasteiger partial charge in [-0.3, -0.25) is 24.0 Å². The van der Waals surface area contributed by atoms with Gasteiger partial charge in [-0.05, 0) is 82.2 Å². The van der Waals surface area contributed by atoms with Crippen LogP contribution in [0.2, 0.25) is 0 Å². The second-order valence-electron chi connectivity index (χ2n) is 22.6. The molecule has 8 rings (SSSR count). The van der Waals surface area contributed by atoms with Gasteiger partial charge >= 0.3 is 0 Å². The van der Waals surface area contributed by atoms with Crippen LogP contribution in [0.1, 0.15) is 36.8 Å². The molecule has 0 aromatic heterocycles. The molecule has 0 fully saturated rings. The highest BCUT2D eigenvalue weighted by atomic mass is 16.6. The molecule has 5 amide bonds. The molecule has 0 radical (unpaired) electrons. The summed E-state index contributed by atoms with van der Waals surface area (Å²) in [6, 6.07) is 35.5.